The van der Waals surface area contributed by atoms with E-state index in [1.54, 1.807) is 0 Å². The molecule has 2 nitrogen and oxygen atoms in total. The Morgan fingerprint density at radius 2 is 1.85 bits per heavy atom. The Hall–Kier alpha value is -0.580. The summed E-state index contributed by atoms with van der Waals surface area (Å²) in [6, 6.07) is 7.98. The van der Waals surface area contributed by atoms with Crippen LogP contribution < -0.4 is 5.32 Å². The highest BCUT2D eigenvalue weighted by atomic mass is 127. The van der Waals surface area contributed by atoms with Crippen molar-refractivity contribution in [3.05, 3.63) is 27.8 Å². The molecule has 0 heterocycles. The van der Waals surface area contributed by atoms with Crippen LogP contribution in [-0.4, -0.2) is 5.91 Å². The molecule has 1 aromatic rings. The van der Waals surface area contributed by atoms with E-state index in [-0.39, 0.29) is 11.8 Å². The topological polar surface area (TPSA) is 29.1 Å². The molecule has 1 N–H and O–H groups in total. The normalized spacial score (nSPS) is 23.4. The molecule has 0 radical (unpaired) electrons. The fourth-order valence-electron chi connectivity index (χ4n) is 3.03. The van der Waals surface area contributed by atoms with Gasteiger partial charge in [0.05, 0.1) is 0 Å². The smallest absolute Gasteiger partial charge is 0.227 e. The lowest BCUT2D eigenvalue weighted by Crippen LogP contribution is -2.31. The number of hydrogen-bond donors (Lipinski definition) is 1. The SMILES string of the molecule is CC(C)(C)C1CCC(C(=O)Nc2cccc(I)c2)CC1. The van der Waals surface area contributed by atoms with Crippen LogP contribution in [0.15, 0.2) is 24.3 Å². The molecule has 20 heavy (non-hydrogen) atoms. The molecule has 2 rings (SSSR count). The summed E-state index contributed by atoms with van der Waals surface area (Å²) >= 11 is 2.27. The van der Waals surface area contributed by atoms with E-state index in [2.05, 4.69) is 48.7 Å². The van der Waals surface area contributed by atoms with Crippen LogP contribution in [-0.2, 0) is 4.79 Å². The van der Waals surface area contributed by atoms with Gasteiger partial charge in [-0.3, -0.25) is 4.79 Å². The van der Waals surface area contributed by atoms with Gasteiger partial charge in [0.1, 0.15) is 0 Å². The number of amides is 1. The van der Waals surface area contributed by atoms with Gasteiger partial charge in [-0.05, 0) is 77.8 Å². The van der Waals surface area contributed by atoms with Crippen molar-refractivity contribution in [2.45, 2.75) is 46.5 Å². The Bertz CT molecular complexity index is 470. The molecule has 0 saturated heterocycles. The second kappa shape index (κ2) is 6.46. The van der Waals surface area contributed by atoms with Crippen molar-refractivity contribution >= 4 is 34.2 Å². The minimum absolute atomic E-state index is 0.187. The predicted octanol–water partition coefficient (Wildman–Crippen LogP) is 5.08. The Balaban J connectivity index is 1.89. The molecule has 1 amide bonds. The zero-order valence-electron chi connectivity index (χ0n) is 12.6. The molecule has 1 fully saturated rings. The lowest BCUT2D eigenvalue weighted by Gasteiger charge is -2.36. The zero-order valence-corrected chi connectivity index (χ0v) is 14.7. The molecule has 1 saturated carbocycles. The Morgan fingerprint density at radius 3 is 2.40 bits per heavy atom. The molecule has 1 aromatic carbocycles. The lowest BCUT2D eigenvalue weighted by molar-refractivity contribution is -0.121. The van der Waals surface area contributed by atoms with Crippen molar-refractivity contribution in [3.8, 4) is 0 Å². The van der Waals surface area contributed by atoms with Crippen molar-refractivity contribution in [1.82, 2.24) is 0 Å². The average molecular weight is 385 g/mol. The van der Waals surface area contributed by atoms with Gasteiger partial charge in [0, 0.05) is 15.2 Å². The largest absolute Gasteiger partial charge is 0.326 e. The minimum Gasteiger partial charge on any atom is -0.326 e. The van der Waals surface area contributed by atoms with Gasteiger partial charge >= 0.3 is 0 Å². The number of benzene rings is 1. The van der Waals surface area contributed by atoms with E-state index in [1.165, 1.54) is 12.8 Å². The van der Waals surface area contributed by atoms with Crippen molar-refractivity contribution in [2.75, 3.05) is 5.32 Å². The molecular weight excluding hydrogens is 361 g/mol. The Kier molecular flexibility index (Phi) is 5.10. The maximum atomic E-state index is 12.3. The van der Waals surface area contributed by atoms with Crippen LogP contribution in [0, 0.1) is 20.8 Å². The van der Waals surface area contributed by atoms with Crippen LogP contribution in [0.4, 0.5) is 5.69 Å². The highest BCUT2D eigenvalue weighted by Crippen LogP contribution is 2.40. The third-order valence-electron chi connectivity index (χ3n) is 4.41. The standard InChI is InChI=1S/C17H24INO/c1-17(2,3)13-9-7-12(8-10-13)16(20)19-15-6-4-5-14(18)11-15/h4-6,11-13H,7-10H2,1-3H3,(H,19,20). The third-order valence-corrected chi connectivity index (χ3v) is 5.09. The molecule has 110 valence electrons. The van der Waals surface area contributed by atoms with Gasteiger partial charge in [-0.1, -0.05) is 26.8 Å². The first-order valence-corrected chi connectivity index (χ1v) is 8.50. The number of carbonyl (C=O) groups is 1. The van der Waals surface area contributed by atoms with Crippen LogP contribution in [0.3, 0.4) is 0 Å². The van der Waals surface area contributed by atoms with E-state index in [4.69, 9.17) is 0 Å². The highest BCUT2D eigenvalue weighted by molar-refractivity contribution is 14.1. The summed E-state index contributed by atoms with van der Waals surface area (Å²) in [6.07, 6.45) is 4.40. The summed E-state index contributed by atoms with van der Waals surface area (Å²) < 4.78 is 1.15. The summed E-state index contributed by atoms with van der Waals surface area (Å²) in [5, 5.41) is 3.06. The van der Waals surface area contributed by atoms with Crippen LogP contribution in [0.5, 0.6) is 0 Å². The maximum absolute atomic E-state index is 12.3. The first-order chi connectivity index (χ1) is 9.36. The van der Waals surface area contributed by atoms with Crippen molar-refractivity contribution in [1.29, 1.82) is 0 Å². The van der Waals surface area contributed by atoms with E-state index in [0.717, 1.165) is 28.0 Å². The molecule has 0 unspecified atom stereocenters. The van der Waals surface area contributed by atoms with Crippen LogP contribution >= 0.6 is 22.6 Å². The number of carbonyl (C=O) groups excluding carboxylic acids is 1. The monoisotopic (exact) mass is 385 g/mol. The molecule has 0 aliphatic heterocycles. The number of rotatable bonds is 2. The third kappa shape index (κ3) is 4.21. The van der Waals surface area contributed by atoms with Gasteiger partial charge in [0.15, 0.2) is 0 Å². The number of anilines is 1. The summed E-state index contributed by atoms with van der Waals surface area (Å²) in [4.78, 5) is 12.3. The molecule has 1 aliphatic rings. The highest BCUT2D eigenvalue weighted by Gasteiger charge is 2.32. The van der Waals surface area contributed by atoms with Gasteiger partial charge in [-0.25, -0.2) is 0 Å². The summed E-state index contributed by atoms with van der Waals surface area (Å²) in [6.45, 7) is 6.93. The van der Waals surface area contributed by atoms with E-state index in [1.807, 2.05) is 24.3 Å². The van der Waals surface area contributed by atoms with E-state index < -0.39 is 0 Å². The number of hydrogen-bond acceptors (Lipinski definition) is 1. The fourth-order valence-corrected chi connectivity index (χ4v) is 3.58. The summed E-state index contributed by atoms with van der Waals surface area (Å²) in [5.41, 5.74) is 1.29. The van der Waals surface area contributed by atoms with Crippen molar-refractivity contribution in [3.63, 3.8) is 0 Å². The molecule has 0 aromatic heterocycles. The van der Waals surface area contributed by atoms with Gasteiger partial charge < -0.3 is 5.32 Å². The van der Waals surface area contributed by atoms with Gasteiger partial charge in [0.25, 0.3) is 0 Å². The van der Waals surface area contributed by atoms with Crippen molar-refractivity contribution in [2.24, 2.45) is 17.3 Å². The molecular formula is C17H24INO. The summed E-state index contributed by atoms with van der Waals surface area (Å²) in [5.74, 6) is 1.13. The second-order valence-corrected chi connectivity index (χ2v) is 8.16. The first-order valence-electron chi connectivity index (χ1n) is 7.42. The Morgan fingerprint density at radius 1 is 1.20 bits per heavy atom. The predicted molar refractivity (Wildman–Crippen MR) is 92.7 cm³/mol. The van der Waals surface area contributed by atoms with Crippen molar-refractivity contribution < 1.29 is 4.79 Å². The Labute approximate surface area is 135 Å². The van der Waals surface area contributed by atoms with Gasteiger partial charge in [-0.15, -0.1) is 0 Å². The van der Waals surface area contributed by atoms with E-state index >= 15 is 0 Å². The van der Waals surface area contributed by atoms with Crippen LogP contribution in [0.25, 0.3) is 0 Å². The minimum atomic E-state index is 0.187. The second-order valence-electron chi connectivity index (χ2n) is 6.91. The number of halogens is 1. The quantitative estimate of drug-likeness (QED) is 0.707. The van der Waals surface area contributed by atoms with E-state index in [9.17, 15) is 4.79 Å². The van der Waals surface area contributed by atoms with Gasteiger partial charge in [0.2, 0.25) is 5.91 Å². The van der Waals surface area contributed by atoms with Crippen LogP contribution in [0.2, 0.25) is 0 Å². The van der Waals surface area contributed by atoms with Gasteiger partial charge in [-0.2, -0.15) is 0 Å². The zero-order chi connectivity index (χ0) is 14.8. The summed E-state index contributed by atoms with van der Waals surface area (Å²) in [7, 11) is 0. The molecule has 0 atom stereocenters. The van der Waals surface area contributed by atoms with Crippen LogP contribution in [0.1, 0.15) is 46.5 Å². The molecule has 0 spiro atoms. The molecule has 0 bridgehead atoms. The first kappa shape index (κ1) is 15.8. The fraction of sp³-hybridized carbons (Fsp3) is 0.588. The molecule has 3 heteroatoms. The lowest BCUT2D eigenvalue weighted by atomic mass is 9.69. The maximum Gasteiger partial charge on any atom is 0.227 e. The number of nitrogens with one attached hydrogen (secondary N) is 1. The molecule has 1 aliphatic carbocycles. The van der Waals surface area contributed by atoms with E-state index in [0.29, 0.717) is 5.41 Å². The average Bonchev–Trinajstić information content (AvgIpc) is 2.38.